The van der Waals surface area contributed by atoms with Crippen LogP contribution in [0.5, 0.6) is 0 Å². The molecular formula is C15H26O3. The summed E-state index contributed by atoms with van der Waals surface area (Å²) in [6.45, 7) is 9.27. The molecule has 0 radical (unpaired) electrons. The molecule has 0 bridgehead atoms. The second-order valence-electron chi connectivity index (χ2n) is 4.68. The van der Waals surface area contributed by atoms with Crippen LogP contribution in [-0.4, -0.2) is 19.2 Å². The Morgan fingerprint density at radius 3 is 2.61 bits per heavy atom. The van der Waals surface area contributed by atoms with Gasteiger partial charge in [-0.15, -0.1) is 0 Å². The summed E-state index contributed by atoms with van der Waals surface area (Å²) >= 11 is 0. The molecule has 3 heteroatoms. The molecule has 1 atom stereocenters. The molecule has 0 fully saturated rings. The van der Waals surface area contributed by atoms with Crippen LogP contribution >= 0.6 is 0 Å². The van der Waals surface area contributed by atoms with Crippen LogP contribution in [0.3, 0.4) is 0 Å². The lowest BCUT2D eigenvalue weighted by Crippen LogP contribution is -2.01. The molecule has 3 nitrogen and oxygen atoms in total. The van der Waals surface area contributed by atoms with Gasteiger partial charge in [0.2, 0.25) is 0 Å². The number of esters is 1. The van der Waals surface area contributed by atoms with Gasteiger partial charge in [0.05, 0.1) is 25.6 Å². The van der Waals surface area contributed by atoms with Gasteiger partial charge in [-0.3, -0.25) is 0 Å². The monoisotopic (exact) mass is 254 g/mol. The van der Waals surface area contributed by atoms with Crippen molar-refractivity contribution in [1.82, 2.24) is 0 Å². The number of carbonyl (C=O) groups excluding carboxylic acids is 1. The van der Waals surface area contributed by atoms with Gasteiger partial charge < -0.3 is 9.47 Å². The third-order valence-electron chi connectivity index (χ3n) is 2.53. The summed E-state index contributed by atoms with van der Waals surface area (Å²) in [5.74, 6) is 0.283. The topological polar surface area (TPSA) is 35.5 Å². The van der Waals surface area contributed by atoms with Crippen molar-refractivity contribution >= 4 is 5.97 Å². The van der Waals surface area contributed by atoms with Gasteiger partial charge in [-0.1, -0.05) is 18.6 Å². The summed E-state index contributed by atoms with van der Waals surface area (Å²) in [5.41, 5.74) is 1.37. The second-order valence-corrected chi connectivity index (χ2v) is 4.68. The molecule has 18 heavy (non-hydrogen) atoms. The van der Waals surface area contributed by atoms with E-state index in [4.69, 9.17) is 9.47 Å². The van der Waals surface area contributed by atoms with Gasteiger partial charge in [0.1, 0.15) is 0 Å². The summed E-state index contributed by atoms with van der Waals surface area (Å²) in [4.78, 5) is 10.9. The SMILES string of the molecule is CCOC(=O)C=COCCC(C)CCC=C(C)C. The van der Waals surface area contributed by atoms with Gasteiger partial charge >= 0.3 is 5.97 Å². The smallest absolute Gasteiger partial charge is 0.333 e. The predicted molar refractivity (Wildman–Crippen MR) is 74.2 cm³/mol. The van der Waals surface area contributed by atoms with Crippen LogP contribution < -0.4 is 0 Å². The third-order valence-corrected chi connectivity index (χ3v) is 2.53. The van der Waals surface area contributed by atoms with Crippen molar-refractivity contribution < 1.29 is 14.3 Å². The van der Waals surface area contributed by atoms with Crippen molar-refractivity contribution in [1.29, 1.82) is 0 Å². The van der Waals surface area contributed by atoms with E-state index in [9.17, 15) is 4.79 Å². The van der Waals surface area contributed by atoms with E-state index in [1.54, 1.807) is 6.92 Å². The maximum atomic E-state index is 10.9. The fourth-order valence-electron chi connectivity index (χ4n) is 1.43. The molecule has 0 aromatic carbocycles. The van der Waals surface area contributed by atoms with Gasteiger partial charge in [-0.05, 0) is 46.0 Å². The Balaban J connectivity index is 3.53. The molecule has 0 spiro atoms. The number of allylic oxidation sites excluding steroid dienone is 2. The highest BCUT2D eigenvalue weighted by molar-refractivity contribution is 5.81. The van der Waals surface area contributed by atoms with Crippen LogP contribution in [0.25, 0.3) is 0 Å². The minimum absolute atomic E-state index is 0.353. The van der Waals surface area contributed by atoms with E-state index in [0.717, 1.165) is 12.8 Å². The number of ether oxygens (including phenoxy) is 2. The lowest BCUT2D eigenvalue weighted by atomic mass is 10.0. The summed E-state index contributed by atoms with van der Waals surface area (Å²) in [7, 11) is 0. The van der Waals surface area contributed by atoms with Gasteiger partial charge in [0.15, 0.2) is 0 Å². The highest BCUT2D eigenvalue weighted by atomic mass is 16.5. The predicted octanol–water partition coefficient (Wildman–Crippen LogP) is 3.85. The van der Waals surface area contributed by atoms with Crippen LogP contribution in [0, 0.1) is 5.92 Å². The molecule has 0 aliphatic heterocycles. The first-order valence-electron chi connectivity index (χ1n) is 6.64. The molecule has 0 aliphatic rings. The standard InChI is InChI=1S/C15H26O3/c1-5-18-15(16)10-12-17-11-9-14(4)8-6-7-13(2)3/h7,10,12,14H,5-6,8-9,11H2,1-4H3. The Morgan fingerprint density at radius 1 is 1.28 bits per heavy atom. The largest absolute Gasteiger partial charge is 0.501 e. The van der Waals surface area contributed by atoms with Crippen molar-refractivity contribution in [2.24, 2.45) is 5.92 Å². The van der Waals surface area contributed by atoms with E-state index in [1.807, 2.05) is 0 Å². The number of hydrogen-bond donors (Lipinski definition) is 0. The number of carbonyl (C=O) groups is 1. The van der Waals surface area contributed by atoms with Crippen LogP contribution in [0.2, 0.25) is 0 Å². The van der Waals surface area contributed by atoms with Gasteiger partial charge in [-0.25, -0.2) is 4.79 Å². The Morgan fingerprint density at radius 2 is 2.00 bits per heavy atom. The first-order valence-corrected chi connectivity index (χ1v) is 6.64. The van der Waals surface area contributed by atoms with Gasteiger partial charge in [-0.2, -0.15) is 0 Å². The third kappa shape index (κ3) is 11.2. The fraction of sp³-hybridized carbons (Fsp3) is 0.667. The number of hydrogen-bond acceptors (Lipinski definition) is 3. The summed E-state index contributed by atoms with van der Waals surface area (Å²) in [6.07, 6.45) is 8.30. The highest BCUT2D eigenvalue weighted by Gasteiger charge is 2.00. The second kappa shape index (κ2) is 10.9. The molecule has 104 valence electrons. The Hall–Kier alpha value is -1.25. The van der Waals surface area contributed by atoms with E-state index in [2.05, 4.69) is 26.8 Å². The van der Waals surface area contributed by atoms with Crippen molar-refractivity contribution in [2.45, 2.75) is 47.0 Å². The zero-order valence-electron chi connectivity index (χ0n) is 12.1. The molecule has 0 aromatic heterocycles. The zero-order chi connectivity index (χ0) is 13.8. The minimum atomic E-state index is -0.353. The normalized spacial score (nSPS) is 12.2. The van der Waals surface area contributed by atoms with E-state index in [1.165, 1.54) is 24.3 Å². The molecule has 0 amide bonds. The highest BCUT2D eigenvalue weighted by Crippen LogP contribution is 2.11. The molecule has 0 aliphatic carbocycles. The lowest BCUT2D eigenvalue weighted by molar-refractivity contribution is -0.137. The Labute approximate surface area is 111 Å². The molecule has 0 rings (SSSR count). The van der Waals surface area contributed by atoms with Crippen LogP contribution in [0.1, 0.15) is 47.0 Å². The average molecular weight is 254 g/mol. The van der Waals surface area contributed by atoms with E-state index >= 15 is 0 Å². The van der Waals surface area contributed by atoms with Crippen molar-refractivity contribution in [3.63, 3.8) is 0 Å². The number of rotatable bonds is 9. The quantitative estimate of drug-likeness (QED) is 0.206. The minimum Gasteiger partial charge on any atom is -0.501 e. The maximum Gasteiger partial charge on any atom is 0.333 e. The van der Waals surface area contributed by atoms with E-state index in [-0.39, 0.29) is 5.97 Å². The molecule has 0 heterocycles. The molecule has 0 saturated carbocycles. The Bertz CT molecular complexity index is 275. The van der Waals surface area contributed by atoms with Gasteiger partial charge in [0, 0.05) is 0 Å². The van der Waals surface area contributed by atoms with Crippen LogP contribution in [0.4, 0.5) is 0 Å². The first-order chi connectivity index (χ1) is 8.56. The van der Waals surface area contributed by atoms with Crippen LogP contribution in [-0.2, 0) is 14.3 Å². The summed E-state index contributed by atoms with van der Waals surface area (Å²) in [6, 6.07) is 0. The van der Waals surface area contributed by atoms with Crippen LogP contribution in [0.15, 0.2) is 24.0 Å². The van der Waals surface area contributed by atoms with Crippen molar-refractivity contribution in [3.05, 3.63) is 24.0 Å². The van der Waals surface area contributed by atoms with Gasteiger partial charge in [0.25, 0.3) is 0 Å². The average Bonchev–Trinajstić information content (AvgIpc) is 2.28. The molecule has 0 saturated heterocycles. The Kier molecular flexibility index (Phi) is 10.1. The molecule has 0 N–H and O–H groups in total. The maximum absolute atomic E-state index is 10.9. The molecule has 0 aromatic rings. The van der Waals surface area contributed by atoms with E-state index in [0.29, 0.717) is 19.1 Å². The summed E-state index contributed by atoms with van der Waals surface area (Å²) in [5, 5.41) is 0. The molecule has 1 unspecified atom stereocenters. The zero-order valence-corrected chi connectivity index (χ0v) is 12.1. The van der Waals surface area contributed by atoms with Crippen molar-refractivity contribution in [3.8, 4) is 0 Å². The summed E-state index contributed by atoms with van der Waals surface area (Å²) < 4.78 is 9.98. The van der Waals surface area contributed by atoms with Crippen molar-refractivity contribution in [2.75, 3.05) is 13.2 Å². The molecular weight excluding hydrogens is 228 g/mol. The van der Waals surface area contributed by atoms with E-state index < -0.39 is 0 Å². The fourth-order valence-corrected chi connectivity index (χ4v) is 1.43. The lowest BCUT2D eigenvalue weighted by Gasteiger charge is -2.09. The first kappa shape index (κ1) is 16.8.